The maximum atomic E-state index is 4.52. The number of hydrogen-bond acceptors (Lipinski definition) is 2. The fraction of sp³-hybridized carbons (Fsp3) is 0.500. The average molecular weight is 308 g/mol. The van der Waals surface area contributed by atoms with Gasteiger partial charge in [0.25, 0.3) is 0 Å². The Morgan fingerprint density at radius 3 is 3.06 bits per heavy atom. The Hall–Kier alpha value is -0.870. The van der Waals surface area contributed by atoms with Crippen LogP contribution in [0, 0.1) is 5.92 Å². The second-order valence-corrected chi connectivity index (χ2v) is 6.34. The third-order valence-corrected chi connectivity index (χ3v) is 4.43. The second kappa shape index (κ2) is 4.67. The first kappa shape index (κ1) is 12.2. The van der Waals surface area contributed by atoms with Gasteiger partial charge in [0, 0.05) is 41.4 Å². The van der Waals surface area contributed by atoms with Gasteiger partial charge in [-0.15, -0.1) is 0 Å². The van der Waals surface area contributed by atoms with Crippen LogP contribution in [0.2, 0.25) is 0 Å². The molecule has 96 valence electrons. The van der Waals surface area contributed by atoms with E-state index in [9.17, 15) is 0 Å². The Balaban J connectivity index is 1.83. The number of likely N-dealkylation sites (tertiary alicyclic amines) is 1. The largest absolute Gasteiger partial charge is 0.332 e. The number of hydrogen-bond donors (Lipinski definition) is 0. The van der Waals surface area contributed by atoms with Crippen molar-refractivity contribution in [2.45, 2.75) is 25.9 Å². The second-order valence-electron chi connectivity index (χ2n) is 5.42. The number of halogens is 1. The van der Waals surface area contributed by atoms with Crippen LogP contribution in [-0.2, 0) is 6.54 Å². The minimum atomic E-state index is 0.707. The predicted octanol–water partition coefficient (Wildman–Crippen LogP) is 3.14. The van der Waals surface area contributed by atoms with Crippen LogP contribution in [0.15, 0.2) is 29.0 Å². The van der Waals surface area contributed by atoms with Gasteiger partial charge < -0.3 is 9.47 Å². The Bertz CT molecular complexity index is 553. The SMILES string of the molecule is CC1CC(Cn2ccc3cc(Br)cnc32)CN1C. The van der Waals surface area contributed by atoms with Gasteiger partial charge in [-0.25, -0.2) is 4.98 Å². The van der Waals surface area contributed by atoms with Gasteiger partial charge in [0.2, 0.25) is 0 Å². The fourth-order valence-electron chi connectivity index (χ4n) is 2.93. The van der Waals surface area contributed by atoms with E-state index in [4.69, 9.17) is 0 Å². The van der Waals surface area contributed by atoms with Gasteiger partial charge in [-0.05, 0) is 54.4 Å². The summed E-state index contributed by atoms with van der Waals surface area (Å²) in [6.45, 7) is 4.58. The van der Waals surface area contributed by atoms with Crippen LogP contribution >= 0.6 is 15.9 Å². The van der Waals surface area contributed by atoms with E-state index in [2.05, 4.69) is 62.7 Å². The number of pyridine rings is 1. The quantitative estimate of drug-likeness (QED) is 0.850. The molecule has 18 heavy (non-hydrogen) atoms. The van der Waals surface area contributed by atoms with E-state index in [1.54, 1.807) is 0 Å². The molecule has 0 aromatic carbocycles. The Kier molecular flexibility index (Phi) is 3.16. The molecule has 0 bridgehead atoms. The van der Waals surface area contributed by atoms with E-state index in [1.165, 1.54) is 18.4 Å². The van der Waals surface area contributed by atoms with Gasteiger partial charge in [0.15, 0.2) is 0 Å². The summed E-state index contributed by atoms with van der Waals surface area (Å²) in [4.78, 5) is 6.97. The maximum absolute atomic E-state index is 4.52. The van der Waals surface area contributed by atoms with Gasteiger partial charge in [-0.2, -0.15) is 0 Å². The van der Waals surface area contributed by atoms with Crippen molar-refractivity contribution in [3.8, 4) is 0 Å². The molecule has 0 N–H and O–H groups in total. The molecule has 0 saturated carbocycles. The highest BCUT2D eigenvalue weighted by Crippen LogP contribution is 2.25. The van der Waals surface area contributed by atoms with Crippen LogP contribution in [0.5, 0.6) is 0 Å². The topological polar surface area (TPSA) is 21.1 Å². The Labute approximate surface area is 116 Å². The summed E-state index contributed by atoms with van der Waals surface area (Å²) in [5.41, 5.74) is 1.10. The van der Waals surface area contributed by atoms with Crippen molar-refractivity contribution in [2.75, 3.05) is 13.6 Å². The first-order chi connectivity index (χ1) is 8.63. The molecule has 1 fully saturated rings. The van der Waals surface area contributed by atoms with Crippen molar-refractivity contribution < 1.29 is 0 Å². The summed E-state index contributed by atoms with van der Waals surface area (Å²) >= 11 is 3.47. The third kappa shape index (κ3) is 2.19. The first-order valence-corrected chi connectivity index (χ1v) is 7.23. The first-order valence-electron chi connectivity index (χ1n) is 6.44. The number of fused-ring (bicyclic) bond motifs is 1. The van der Waals surface area contributed by atoms with Crippen LogP contribution in [0.1, 0.15) is 13.3 Å². The Morgan fingerprint density at radius 2 is 2.33 bits per heavy atom. The normalized spacial score (nSPS) is 25.1. The van der Waals surface area contributed by atoms with E-state index in [-0.39, 0.29) is 0 Å². The summed E-state index contributed by atoms with van der Waals surface area (Å²) in [7, 11) is 2.22. The fourth-order valence-corrected chi connectivity index (χ4v) is 3.28. The molecule has 2 aromatic heterocycles. The zero-order chi connectivity index (χ0) is 12.7. The van der Waals surface area contributed by atoms with Crippen molar-refractivity contribution in [2.24, 2.45) is 5.92 Å². The molecule has 0 radical (unpaired) electrons. The standard InChI is InChI=1S/C14H18BrN3/c1-10-5-11(8-17(10)2)9-18-4-3-12-6-13(15)7-16-14(12)18/h3-4,6-7,10-11H,5,8-9H2,1-2H3. The van der Waals surface area contributed by atoms with Crippen LogP contribution in [0.4, 0.5) is 0 Å². The van der Waals surface area contributed by atoms with Crippen molar-refractivity contribution >= 4 is 27.0 Å². The number of aromatic nitrogens is 2. The highest BCUT2D eigenvalue weighted by molar-refractivity contribution is 9.10. The number of nitrogens with zero attached hydrogens (tertiary/aromatic N) is 3. The third-order valence-electron chi connectivity index (χ3n) is 4.00. The molecule has 1 aliphatic rings. The molecule has 2 atom stereocenters. The molecule has 1 aliphatic heterocycles. The minimum absolute atomic E-state index is 0.707. The molecule has 3 nitrogen and oxygen atoms in total. The van der Waals surface area contributed by atoms with Crippen LogP contribution in [0.3, 0.4) is 0 Å². The van der Waals surface area contributed by atoms with Gasteiger partial charge in [0.1, 0.15) is 5.65 Å². The van der Waals surface area contributed by atoms with E-state index in [0.29, 0.717) is 6.04 Å². The van der Waals surface area contributed by atoms with Crippen molar-refractivity contribution in [3.63, 3.8) is 0 Å². The smallest absolute Gasteiger partial charge is 0.139 e. The lowest BCUT2D eigenvalue weighted by Crippen LogP contribution is -2.22. The summed E-state index contributed by atoms with van der Waals surface area (Å²) in [6.07, 6.45) is 5.32. The zero-order valence-electron chi connectivity index (χ0n) is 10.8. The Morgan fingerprint density at radius 1 is 1.50 bits per heavy atom. The highest BCUT2D eigenvalue weighted by atomic mass is 79.9. The highest BCUT2D eigenvalue weighted by Gasteiger charge is 2.26. The molecular formula is C14H18BrN3. The molecule has 0 aliphatic carbocycles. The monoisotopic (exact) mass is 307 g/mol. The zero-order valence-corrected chi connectivity index (χ0v) is 12.4. The summed E-state index contributed by atoms with van der Waals surface area (Å²) in [6, 6.07) is 4.98. The van der Waals surface area contributed by atoms with Gasteiger partial charge >= 0.3 is 0 Å². The van der Waals surface area contributed by atoms with E-state index >= 15 is 0 Å². The number of rotatable bonds is 2. The van der Waals surface area contributed by atoms with Crippen LogP contribution < -0.4 is 0 Å². The van der Waals surface area contributed by atoms with Gasteiger partial charge in [0.05, 0.1) is 0 Å². The van der Waals surface area contributed by atoms with Gasteiger partial charge in [-0.3, -0.25) is 0 Å². The van der Waals surface area contributed by atoms with E-state index in [0.717, 1.165) is 22.6 Å². The van der Waals surface area contributed by atoms with Crippen LogP contribution in [-0.4, -0.2) is 34.1 Å². The molecule has 4 heteroatoms. The minimum Gasteiger partial charge on any atom is -0.332 e. The maximum Gasteiger partial charge on any atom is 0.139 e. The molecule has 3 heterocycles. The molecule has 0 spiro atoms. The molecule has 2 unspecified atom stereocenters. The molecular weight excluding hydrogens is 290 g/mol. The predicted molar refractivity (Wildman–Crippen MR) is 77.6 cm³/mol. The summed E-state index contributed by atoms with van der Waals surface area (Å²) < 4.78 is 3.33. The van der Waals surface area contributed by atoms with Gasteiger partial charge in [-0.1, -0.05) is 0 Å². The molecule has 0 amide bonds. The lowest BCUT2D eigenvalue weighted by Gasteiger charge is -2.13. The summed E-state index contributed by atoms with van der Waals surface area (Å²) in [5, 5.41) is 1.21. The van der Waals surface area contributed by atoms with Crippen LogP contribution in [0.25, 0.3) is 11.0 Å². The lowest BCUT2D eigenvalue weighted by molar-refractivity contribution is 0.322. The molecule has 1 saturated heterocycles. The van der Waals surface area contributed by atoms with Crippen molar-refractivity contribution in [3.05, 3.63) is 29.0 Å². The lowest BCUT2D eigenvalue weighted by atomic mass is 10.1. The van der Waals surface area contributed by atoms with E-state index in [1.807, 2.05) is 6.20 Å². The van der Waals surface area contributed by atoms with Crippen molar-refractivity contribution in [1.82, 2.24) is 14.5 Å². The molecule has 2 aromatic rings. The summed E-state index contributed by atoms with van der Waals surface area (Å²) in [5.74, 6) is 0.742. The van der Waals surface area contributed by atoms with Crippen molar-refractivity contribution in [1.29, 1.82) is 0 Å². The average Bonchev–Trinajstić information content (AvgIpc) is 2.84. The van der Waals surface area contributed by atoms with E-state index < -0.39 is 0 Å². The molecule has 3 rings (SSSR count).